The van der Waals surface area contributed by atoms with E-state index < -0.39 is 17.8 Å². The van der Waals surface area contributed by atoms with Crippen LogP contribution in [0.5, 0.6) is 11.6 Å². The highest BCUT2D eigenvalue weighted by Gasteiger charge is 2.31. The zero-order valence-corrected chi connectivity index (χ0v) is 16.1. The van der Waals surface area contributed by atoms with Crippen molar-refractivity contribution in [1.29, 1.82) is 0 Å². The number of aromatic hydroxyl groups is 1. The molecular formula is C20H16F3N5O3. The first-order valence-electron chi connectivity index (χ1n) is 9.05. The van der Waals surface area contributed by atoms with E-state index >= 15 is 0 Å². The summed E-state index contributed by atoms with van der Waals surface area (Å²) in [6.07, 6.45) is 1.72. The van der Waals surface area contributed by atoms with Crippen LogP contribution in [0.2, 0.25) is 0 Å². The monoisotopic (exact) mass is 431 g/mol. The second-order valence-electron chi connectivity index (χ2n) is 6.61. The summed E-state index contributed by atoms with van der Waals surface area (Å²) in [5.74, 6) is -0.746. The summed E-state index contributed by atoms with van der Waals surface area (Å²) in [6.45, 7) is 1.70. The molecule has 0 aliphatic heterocycles. The number of pyridine rings is 1. The topological polar surface area (TPSA) is 87.1 Å². The number of aromatic nitrogens is 5. The van der Waals surface area contributed by atoms with Crippen molar-refractivity contribution in [2.45, 2.75) is 19.8 Å². The Balaban J connectivity index is 1.71. The van der Waals surface area contributed by atoms with Gasteiger partial charge in [-0.2, -0.15) is 5.10 Å². The van der Waals surface area contributed by atoms with Gasteiger partial charge in [-0.05, 0) is 43.3 Å². The number of rotatable bonds is 5. The average molecular weight is 431 g/mol. The maximum Gasteiger partial charge on any atom is 0.573 e. The van der Waals surface area contributed by atoms with Crippen molar-refractivity contribution in [2.75, 3.05) is 0 Å². The third kappa shape index (κ3) is 4.02. The summed E-state index contributed by atoms with van der Waals surface area (Å²) in [6, 6.07) is 8.14. The molecule has 1 N–H and O–H groups in total. The Morgan fingerprint density at radius 1 is 1.13 bits per heavy atom. The molecule has 0 atom stereocenters. The Labute approximate surface area is 173 Å². The van der Waals surface area contributed by atoms with E-state index in [2.05, 4.69) is 14.8 Å². The molecule has 3 aromatic heterocycles. The Morgan fingerprint density at radius 3 is 2.52 bits per heavy atom. The van der Waals surface area contributed by atoms with Gasteiger partial charge in [0.15, 0.2) is 0 Å². The Bertz CT molecular complexity index is 1260. The standard InChI is InChI=1S/C20H16F3N5O3/c1-13-18(29)28(15-3-5-16(6-4-15)31-20(21,22)23)19(30)26(13)12-14-7-9-24-11-17(14)27-10-2-8-25-27/h2-11,29H,12H2,1H3. The SMILES string of the molecule is Cc1c(O)n(-c2ccc(OC(F)(F)F)cc2)c(=O)n1Cc1ccncc1-n1cccn1. The van der Waals surface area contributed by atoms with E-state index in [0.29, 0.717) is 11.4 Å². The van der Waals surface area contributed by atoms with Crippen LogP contribution in [0.4, 0.5) is 13.2 Å². The van der Waals surface area contributed by atoms with Crippen LogP contribution in [-0.4, -0.2) is 35.4 Å². The summed E-state index contributed by atoms with van der Waals surface area (Å²) in [5, 5.41) is 14.7. The minimum absolute atomic E-state index is 0.123. The minimum atomic E-state index is -4.82. The van der Waals surface area contributed by atoms with Crippen LogP contribution in [0, 0.1) is 6.92 Å². The van der Waals surface area contributed by atoms with E-state index in [1.807, 2.05) is 0 Å². The molecule has 3 heterocycles. The van der Waals surface area contributed by atoms with Gasteiger partial charge in [0.25, 0.3) is 0 Å². The van der Waals surface area contributed by atoms with E-state index in [-0.39, 0.29) is 18.1 Å². The van der Waals surface area contributed by atoms with E-state index in [1.165, 1.54) is 16.7 Å². The van der Waals surface area contributed by atoms with Crippen LogP contribution < -0.4 is 10.4 Å². The van der Waals surface area contributed by atoms with Crippen LogP contribution in [0.1, 0.15) is 11.3 Å². The third-order valence-electron chi connectivity index (χ3n) is 4.66. The van der Waals surface area contributed by atoms with Crippen molar-refractivity contribution < 1.29 is 23.0 Å². The first kappa shape index (κ1) is 20.3. The zero-order chi connectivity index (χ0) is 22.2. The van der Waals surface area contributed by atoms with Gasteiger partial charge in [-0.15, -0.1) is 13.2 Å². The van der Waals surface area contributed by atoms with Crippen LogP contribution in [0.3, 0.4) is 0 Å². The number of nitrogens with zero attached hydrogens (tertiary/aromatic N) is 5. The van der Waals surface area contributed by atoms with Gasteiger partial charge in [0.2, 0.25) is 5.88 Å². The van der Waals surface area contributed by atoms with Crippen LogP contribution >= 0.6 is 0 Å². The number of imidazole rings is 1. The molecule has 0 fully saturated rings. The average Bonchev–Trinajstić information content (AvgIpc) is 3.32. The fraction of sp³-hybridized carbons (Fsp3) is 0.150. The largest absolute Gasteiger partial charge is 0.573 e. The predicted octanol–water partition coefficient (Wildman–Crippen LogP) is 3.18. The number of hydrogen-bond acceptors (Lipinski definition) is 5. The van der Waals surface area contributed by atoms with E-state index in [9.17, 15) is 23.1 Å². The fourth-order valence-electron chi connectivity index (χ4n) is 3.19. The lowest BCUT2D eigenvalue weighted by Gasteiger charge is -2.10. The van der Waals surface area contributed by atoms with E-state index in [4.69, 9.17) is 0 Å². The van der Waals surface area contributed by atoms with Gasteiger partial charge in [0.05, 0.1) is 29.8 Å². The number of hydrogen-bond donors (Lipinski definition) is 1. The quantitative estimate of drug-likeness (QED) is 0.525. The Morgan fingerprint density at radius 2 is 1.87 bits per heavy atom. The molecule has 8 nitrogen and oxygen atoms in total. The summed E-state index contributed by atoms with van der Waals surface area (Å²) in [7, 11) is 0. The normalized spacial score (nSPS) is 11.6. The van der Waals surface area contributed by atoms with Gasteiger partial charge in [0.1, 0.15) is 5.75 Å². The van der Waals surface area contributed by atoms with Gasteiger partial charge < -0.3 is 9.84 Å². The van der Waals surface area contributed by atoms with Crippen molar-refractivity contribution in [1.82, 2.24) is 23.9 Å². The molecule has 0 radical (unpaired) electrons. The summed E-state index contributed by atoms with van der Waals surface area (Å²) in [4.78, 5) is 17.1. The second-order valence-corrected chi connectivity index (χ2v) is 6.61. The third-order valence-corrected chi connectivity index (χ3v) is 4.66. The molecular weight excluding hydrogens is 415 g/mol. The van der Waals surface area contributed by atoms with Crippen molar-refractivity contribution >= 4 is 0 Å². The molecule has 0 saturated carbocycles. The van der Waals surface area contributed by atoms with Gasteiger partial charge in [0, 0.05) is 24.2 Å². The summed E-state index contributed by atoms with van der Waals surface area (Å²) in [5.41, 5.74) is 1.34. The van der Waals surface area contributed by atoms with E-state index in [1.54, 1.807) is 48.5 Å². The van der Waals surface area contributed by atoms with Gasteiger partial charge in [-0.3, -0.25) is 9.55 Å². The van der Waals surface area contributed by atoms with Crippen molar-refractivity contribution in [3.05, 3.63) is 82.9 Å². The lowest BCUT2D eigenvalue weighted by molar-refractivity contribution is -0.274. The van der Waals surface area contributed by atoms with Crippen molar-refractivity contribution in [3.8, 4) is 23.0 Å². The van der Waals surface area contributed by atoms with Crippen LogP contribution in [0.15, 0.2) is 66.0 Å². The maximum atomic E-state index is 13.0. The minimum Gasteiger partial charge on any atom is -0.493 e. The first-order chi connectivity index (χ1) is 14.7. The molecule has 4 rings (SSSR count). The Hall–Kier alpha value is -4.02. The molecule has 11 heteroatoms. The molecule has 31 heavy (non-hydrogen) atoms. The zero-order valence-electron chi connectivity index (χ0n) is 16.1. The highest BCUT2D eigenvalue weighted by atomic mass is 19.4. The number of ether oxygens (including phenoxy) is 1. The molecule has 0 bridgehead atoms. The molecule has 1 aromatic carbocycles. The molecule has 0 aliphatic rings. The molecule has 0 unspecified atom stereocenters. The lowest BCUT2D eigenvalue weighted by atomic mass is 10.2. The van der Waals surface area contributed by atoms with Crippen LogP contribution in [-0.2, 0) is 6.54 Å². The molecule has 0 aliphatic carbocycles. The number of alkyl halides is 3. The van der Waals surface area contributed by atoms with Gasteiger partial charge >= 0.3 is 12.1 Å². The molecule has 0 amide bonds. The molecule has 160 valence electrons. The molecule has 0 saturated heterocycles. The molecule has 4 aromatic rings. The van der Waals surface area contributed by atoms with Gasteiger partial charge in [-0.1, -0.05) is 0 Å². The lowest BCUT2D eigenvalue weighted by Crippen LogP contribution is -2.25. The summed E-state index contributed by atoms with van der Waals surface area (Å²) < 4.78 is 44.9. The predicted molar refractivity (Wildman–Crippen MR) is 104 cm³/mol. The van der Waals surface area contributed by atoms with Crippen LogP contribution in [0.25, 0.3) is 11.4 Å². The summed E-state index contributed by atoms with van der Waals surface area (Å²) >= 11 is 0. The maximum absolute atomic E-state index is 13.0. The fourth-order valence-corrected chi connectivity index (χ4v) is 3.19. The van der Waals surface area contributed by atoms with Crippen molar-refractivity contribution in [2.24, 2.45) is 0 Å². The van der Waals surface area contributed by atoms with Crippen molar-refractivity contribution in [3.63, 3.8) is 0 Å². The number of benzene rings is 1. The highest BCUT2D eigenvalue weighted by molar-refractivity contribution is 5.43. The number of halogens is 3. The first-order valence-corrected chi connectivity index (χ1v) is 9.05. The molecule has 0 spiro atoms. The smallest absolute Gasteiger partial charge is 0.493 e. The Kier molecular flexibility index (Phi) is 5.01. The second kappa shape index (κ2) is 7.67. The van der Waals surface area contributed by atoms with Gasteiger partial charge in [-0.25, -0.2) is 14.0 Å². The van der Waals surface area contributed by atoms with E-state index in [0.717, 1.165) is 22.3 Å². The highest BCUT2D eigenvalue weighted by Crippen LogP contribution is 2.26.